The summed E-state index contributed by atoms with van der Waals surface area (Å²) < 4.78 is 38.9. The Labute approximate surface area is 706 Å². The number of unbranched alkanes of at least 4 members (excludes halogenated alkanes) is 1. The number of carbonyl (C=O) groups excluding carboxylic acids is 3. The Kier molecular flexibility index (Phi) is 57.3. The second kappa shape index (κ2) is 58.2. The molecule has 0 saturated heterocycles. The molecule has 632 valence electrons. The Morgan fingerprint density at radius 3 is 0.937 bits per heavy atom. The highest BCUT2D eigenvalue weighted by Gasteiger charge is 2.25. The third-order valence-corrected chi connectivity index (χ3v) is 17.5. The third kappa shape index (κ3) is 49.6. The molecule has 5 heterocycles. The maximum atomic E-state index is 12.4. The van der Waals surface area contributed by atoms with Crippen molar-refractivity contribution in [2.24, 2.45) is 5.73 Å². The van der Waals surface area contributed by atoms with Gasteiger partial charge >= 0.3 is 29.8 Å². The molecule has 0 amide bonds. The van der Waals surface area contributed by atoms with E-state index in [0.29, 0.717) is 115 Å². The minimum atomic E-state index is -0.964. The highest BCUT2D eigenvalue weighted by molar-refractivity contribution is 9.11. The molecule has 0 aliphatic heterocycles. The van der Waals surface area contributed by atoms with Crippen LogP contribution in [0.5, 0.6) is 0 Å². The first-order valence-electron chi connectivity index (χ1n) is 36.3. The lowest BCUT2D eigenvalue weighted by Crippen LogP contribution is -2.29. The zero-order valence-electron chi connectivity index (χ0n) is 67.1. The van der Waals surface area contributed by atoms with Gasteiger partial charge in [0.15, 0.2) is 0 Å². The number of carboxylic acids is 2. The zero-order chi connectivity index (χ0) is 81.9. The van der Waals surface area contributed by atoms with Crippen molar-refractivity contribution in [2.45, 2.75) is 218 Å². The highest BCUT2D eigenvalue weighted by Crippen LogP contribution is 2.29. The maximum Gasteiger partial charge on any atom is 0.338 e. The van der Waals surface area contributed by atoms with Crippen molar-refractivity contribution < 1.29 is 67.3 Å². The van der Waals surface area contributed by atoms with Gasteiger partial charge in [0, 0.05) is 93.9 Å². The lowest BCUT2D eigenvalue weighted by Gasteiger charge is -2.28. The van der Waals surface area contributed by atoms with E-state index in [4.69, 9.17) is 44.0 Å². The average molecular weight is 1890 g/mol. The van der Waals surface area contributed by atoms with Crippen LogP contribution in [0, 0.1) is 0 Å². The predicted molar refractivity (Wildman–Crippen MR) is 469 cm³/mol. The summed E-state index contributed by atoms with van der Waals surface area (Å²) >= 11 is 15.9. The monoisotopic (exact) mass is 1880 g/mol. The second-order valence-corrected chi connectivity index (χ2v) is 32.4. The van der Waals surface area contributed by atoms with Gasteiger partial charge in [0.1, 0.15) is 68.9 Å². The molecule has 0 atom stereocenters. The number of nitrogens with one attached hydrogen (secondary N) is 2. The summed E-state index contributed by atoms with van der Waals surface area (Å²) in [5.74, 6) is 0.477. The summed E-state index contributed by atoms with van der Waals surface area (Å²) in [4.78, 5) is 87.4. The molecule has 0 aromatic carbocycles. The molecule has 3 fully saturated rings. The molecule has 8 rings (SSSR count). The topological polar surface area (TPSA) is 318 Å². The molecule has 26 nitrogen and oxygen atoms in total. The number of nitrogens with two attached hydrogens (primary N) is 1. The van der Waals surface area contributed by atoms with Crippen LogP contribution in [0.4, 0.5) is 29.1 Å². The number of esters is 3. The van der Waals surface area contributed by atoms with Crippen molar-refractivity contribution in [1.29, 1.82) is 0 Å². The molecule has 3 aliphatic rings. The van der Waals surface area contributed by atoms with Crippen molar-refractivity contribution in [1.82, 2.24) is 29.8 Å². The smallest absolute Gasteiger partial charge is 0.338 e. The average Bonchev–Trinajstić information content (AvgIpc) is 0.818. The highest BCUT2D eigenvalue weighted by atomic mass is 79.9. The first-order chi connectivity index (χ1) is 50.6. The number of halogens is 5. The fourth-order valence-electron chi connectivity index (χ4n) is 8.74. The summed E-state index contributed by atoms with van der Waals surface area (Å²) in [6.45, 7) is 33.6. The molecule has 5 aromatic heterocycles. The number of carboxylic acid groups (broad SMARTS) is 2. The zero-order valence-corrected chi connectivity index (χ0v) is 75.1. The molecule has 0 radical (unpaired) electrons. The van der Waals surface area contributed by atoms with E-state index in [1.165, 1.54) is 76.7 Å². The normalized spacial score (nSPS) is 12.7. The molecular weight excluding hydrogens is 1750 g/mol. The number of anilines is 5. The van der Waals surface area contributed by atoms with Crippen molar-refractivity contribution in [3.63, 3.8) is 0 Å². The number of rotatable bonds is 27. The van der Waals surface area contributed by atoms with Gasteiger partial charge in [-0.2, -0.15) is 0 Å². The lowest BCUT2D eigenvalue weighted by atomic mass is 9.93. The van der Waals surface area contributed by atoms with E-state index < -0.39 is 28.7 Å². The fraction of sp³-hybridized carbons (Fsp3) is 0.625. The first-order valence-corrected chi connectivity index (χ1v) is 40.2. The first kappa shape index (κ1) is 109. The predicted octanol–water partition coefficient (Wildman–Crippen LogP) is 18.8. The number of pyridine rings is 5. The van der Waals surface area contributed by atoms with Crippen LogP contribution in [-0.4, -0.2) is 220 Å². The Morgan fingerprint density at radius 2 is 0.694 bits per heavy atom. The SMILES string of the molecule is C.C.C.CC(C)(C)OC(=O)c1cc(Br)nc(Br)c1.CCCCOC.CCN(CC)CC.COCCN(C)c1cc(C(=O)O)cc(NC2CCC2)n1.COCCN(C)c1cc(C(=O)OC(C)(C)C)cc(Br)n1.COCCN(C)c1cc(C(=O)OC(C)(C)C)cc(NC2CCC2)n1.NC1CCC1.O=C(O)c1cc(Br)nc(Br)c1. The molecule has 0 spiro atoms. The van der Waals surface area contributed by atoms with Gasteiger partial charge in [-0.15, -0.1) is 0 Å². The number of hydrogen-bond acceptors (Lipinski definition) is 24. The van der Waals surface area contributed by atoms with Crippen LogP contribution in [0.3, 0.4) is 0 Å². The molecular formula is C80H133Br5N12O14. The van der Waals surface area contributed by atoms with Gasteiger partial charge in [-0.25, -0.2) is 48.9 Å². The van der Waals surface area contributed by atoms with Crippen LogP contribution in [-0.2, 0) is 33.2 Å². The van der Waals surface area contributed by atoms with E-state index in [-0.39, 0.29) is 51.3 Å². The van der Waals surface area contributed by atoms with Crippen LogP contribution in [0.15, 0.2) is 83.7 Å². The van der Waals surface area contributed by atoms with Crippen LogP contribution in [0.1, 0.15) is 235 Å². The third-order valence-electron chi connectivity index (χ3n) is 15.5. The molecule has 5 aromatic rings. The number of carbonyl (C=O) groups is 5. The van der Waals surface area contributed by atoms with Gasteiger partial charge in [-0.05, 0) is 280 Å². The van der Waals surface area contributed by atoms with Crippen LogP contribution in [0.2, 0.25) is 0 Å². The summed E-state index contributed by atoms with van der Waals surface area (Å²) in [5.41, 5.74) is 5.77. The van der Waals surface area contributed by atoms with Gasteiger partial charge in [0.25, 0.3) is 0 Å². The molecule has 31 heteroatoms. The Morgan fingerprint density at radius 1 is 0.432 bits per heavy atom. The number of likely N-dealkylation sites (N-methyl/N-ethyl adjacent to an activating group) is 3. The van der Waals surface area contributed by atoms with E-state index in [1.807, 2.05) is 98.2 Å². The van der Waals surface area contributed by atoms with Crippen molar-refractivity contribution in [2.75, 3.05) is 141 Å². The summed E-state index contributed by atoms with van der Waals surface area (Å²) in [5, 5.41) is 24.5. The molecule has 0 bridgehead atoms. The second-order valence-electron chi connectivity index (χ2n) is 28.3. The summed E-state index contributed by atoms with van der Waals surface area (Å²) in [6, 6.07) is 17.7. The minimum absolute atomic E-state index is 0. The molecule has 3 aliphatic carbocycles. The quantitative estimate of drug-likeness (QED) is 0.0141. The summed E-state index contributed by atoms with van der Waals surface area (Å²) in [6.07, 6.45) is 13.3. The molecule has 6 N–H and O–H groups in total. The lowest BCUT2D eigenvalue weighted by molar-refractivity contribution is 0.00567. The van der Waals surface area contributed by atoms with Gasteiger partial charge in [0.05, 0.1) is 47.6 Å². The van der Waals surface area contributed by atoms with E-state index in [9.17, 15) is 29.1 Å². The van der Waals surface area contributed by atoms with Crippen LogP contribution in [0.25, 0.3) is 0 Å². The molecule has 3 saturated carbocycles. The van der Waals surface area contributed by atoms with Crippen molar-refractivity contribution in [3.8, 4) is 0 Å². The van der Waals surface area contributed by atoms with Crippen LogP contribution < -0.4 is 31.1 Å². The van der Waals surface area contributed by atoms with Crippen LogP contribution >= 0.6 is 79.6 Å². The number of aromatic nitrogens is 5. The number of nitrogens with zero attached hydrogens (tertiary/aromatic N) is 9. The van der Waals surface area contributed by atoms with Gasteiger partial charge < -0.3 is 79.3 Å². The minimum Gasteiger partial charge on any atom is -0.478 e. The number of methoxy groups -OCH3 is 4. The van der Waals surface area contributed by atoms with Gasteiger partial charge in [-0.3, -0.25) is 0 Å². The standard InChI is InChI=1S/C18H29N3O3.C14H21BrN2O3.C14H21N3O3.C10H11Br2NO2.C6H3Br2NO2.C6H15N.C5H12O.C4H9N.3CH4/c1-18(2,3)24-17(22)13-11-15(19-14-7-6-8-14)20-16(12-13)21(4)9-10-23-5;1-14(2,3)20-13(18)10-8-11(15)16-12(9-10)17(4)6-7-19-5;1-17(6-7-20-2)13-9-10(14(18)19)8-12(16-13)15-11-4-3-5-11;1-10(2,3)15-9(14)6-4-7(11)13-8(12)5-6;7-4-1-3(6(10)11)2-5(8)9-4;1-4-7(5-2)6-3;1-3-4-5-6-2;5-4-2-1-3-4;;;/h11-12,14H,6-10H2,1-5H3,(H,19,20);8-9H,6-7H2,1-5H3;8-9,11H,3-7H2,1-2H3,(H,15,16)(H,18,19);4-5H,1-3H3;1-2H,(H,10,11);4-6H2,1-3H3;3-5H2,1-2H3;4H,1-3,5H2;3*1H4. The van der Waals surface area contributed by atoms with Gasteiger partial charge in [0.2, 0.25) is 0 Å². The van der Waals surface area contributed by atoms with E-state index >= 15 is 0 Å². The van der Waals surface area contributed by atoms with E-state index in [2.05, 4.69) is 148 Å². The summed E-state index contributed by atoms with van der Waals surface area (Å²) in [7, 11) is 12.4. The number of aromatic carboxylic acids is 2. The maximum absolute atomic E-state index is 12.4. The number of ether oxygens (including phenoxy) is 7. The van der Waals surface area contributed by atoms with E-state index in [1.54, 1.807) is 77.0 Å². The van der Waals surface area contributed by atoms with Gasteiger partial charge in [-0.1, -0.05) is 62.8 Å². The molecule has 0 unspecified atom stereocenters. The number of hydrogen-bond donors (Lipinski definition) is 5. The van der Waals surface area contributed by atoms with Crippen molar-refractivity contribution in [3.05, 3.63) is 111 Å². The van der Waals surface area contributed by atoms with E-state index in [0.717, 1.165) is 43.9 Å². The molecule has 111 heavy (non-hydrogen) atoms. The largest absolute Gasteiger partial charge is 0.478 e. The van der Waals surface area contributed by atoms with Crippen molar-refractivity contribution >= 4 is 139 Å². The Hall–Kier alpha value is -5.74. The Balaban J connectivity index is -0.00000125. The Bertz CT molecular complexity index is 3410. The fourth-order valence-corrected chi connectivity index (χ4v) is 11.4.